The second kappa shape index (κ2) is 8.39. The van der Waals surface area contributed by atoms with E-state index in [1.165, 1.54) is 43.4 Å². The summed E-state index contributed by atoms with van der Waals surface area (Å²) in [5.41, 5.74) is 1.43. The van der Waals surface area contributed by atoms with Crippen molar-refractivity contribution in [1.29, 1.82) is 0 Å². The van der Waals surface area contributed by atoms with E-state index in [2.05, 4.69) is 20.7 Å². The standard InChI is InChI=1S/C17H25N5OS/c1-22-11-13(10-20-22)17-21-15(12-24-17)16(23)19-9-5-8-18-14-6-3-2-4-7-14/h10-12,14,18H,2-9H2,1H3,(H,19,23). The Balaban J connectivity index is 1.38. The number of amides is 1. The van der Waals surface area contributed by atoms with Crippen molar-refractivity contribution in [2.24, 2.45) is 7.05 Å². The van der Waals surface area contributed by atoms with Crippen LogP contribution in [0.25, 0.3) is 10.6 Å². The van der Waals surface area contributed by atoms with Gasteiger partial charge in [-0.25, -0.2) is 4.98 Å². The van der Waals surface area contributed by atoms with Gasteiger partial charge in [0.05, 0.1) is 6.20 Å². The molecule has 24 heavy (non-hydrogen) atoms. The van der Waals surface area contributed by atoms with E-state index in [-0.39, 0.29) is 5.91 Å². The maximum atomic E-state index is 12.2. The van der Waals surface area contributed by atoms with Gasteiger partial charge in [-0.1, -0.05) is 19.3 Å². The SMILES string of the molecule is Cn1cc(-c2nc(C(=O)NCCCNC3CCCCC3)cs2)cn1. The minimum Gasteiger partial charge on any atom is -0.351 e. The van der Waals surface area contributed by atoms with E-state index in [4.69, 9.17) is 0 Å². The molecular formula is C17H25N5OS. The number of rotatable bonds is 7. The van der Waals surface area contributed by atoms with Crippen molar-refractivity contribution in [3.05, 3.63) is 23.5 Å². The van der Waals surface area contributed by atoms with E-state index >= 15 is 0 Å². The Morgan fingerprint density at radius 1 is 1.33 bits per heavy atom. The van der Waals surface area contributed by atoms with Crippen LogP contribution in [0.1, 0.15) is 49.0 Å². The van der Waals surface area contributed by atoms with Gasteiger partial charge in [0.1, 0.15) is 10.7 Å². The van der Waals surface area contributed by atoms with E-state index in [0.717, 1.165) is 23.5 Å². The van der Waals surface area contributed by atoms with Gasteiger partial charge >= 0.3 is 0 Å². The minimum absolute atomic E-state index is 0.0981. The molecule has 130 valence electrons. The van der Waals surface area contributed by atoms with Crippen LogP contribution in [0.15, 0.2) is 17.8 Å². The van der Waals surface area contributed by atoms with Crippen molar-refractivity contribution in [2.45, 2.75) is 44.6 Å². The average molecular weight is 347 g/mol. The quantitative estimate of drug-likeness (QED) is 0.755. The molecule has 2 aromatic heterocycles. The maximum Gasteiger partial charge on any atom is 0.270 e. The first kappa shape index (κ1) is 17.1. The van der Waals surface area contributed by atoms with Crippen molar-refractivity contribution in [3.8, 4) is 10.6 Å². The fraction of sp³-hybridized carbons (Fsp3) is 0.588. The molecule has 3 rings (SSSR count). The van der Waals surface area contributed by atoms with Gasteiger partial charge in [-0.05, 0) is 25.8 Å². The molecular weight excluding hydrogens is 322 g/mol. The normalized spacial score (nSPS) is 15.5. The Morgan fingerprint density at radius 2 is 2.17 bits per heavy atom. The minimum atomic E-state index is -0.0981. The van der Waals surface area contributed by atoms with E-state index < -0.39 is 0 Å². The molecule has 0 atom stereocenters. The van der Waals surface area contributed by atoms with Gasteiger partial charge in [0.25, 0.3) is 5.91 Å². The lowest BCUT2D eigenvalue weighted by Crippen LogP contribution is -2.34. The lowest BCUT2D eigenvalue weighted by atomic mass is 9.95. The molecule has 0 spiro atoms. The summed E-state index contributed by atoms with van der Waals surface area (Å²) >= 11 is 1.47. The second-order valence-electron chi connectivity index (χ2n) is 6.34. The molecule has 0 aliphatic heterocycles. The van der Waals surface area contributed by atoms with Crippen molar-refractivity contribution < 1.29 is 4.79 Å². The highest BCUT2D eigenvalue weighted by Crippen LogP contribution is 2.22. The van der Waals surface area contributed by atoms with Crippen LogP contribution in [-0.2, 0) is 7.05 Å². The van der Waals surface area contributed by atoms with Gasteiger partial charge in [-0.2, -0.15) is 5.10 Å². The van der Waals surface area contributed by atoms with Crippen molar-refractivity contribution in [1.82, 2.24) is 25.4 Å². The number of nitrogens with one attached hydrogen (secondary N) is 2. The highest BCUT2D eigenvalue weighted by Gasteiger charge is 2.13. The Kier molecular flexibility index (Phi) is 5.98. The van der Waals surface area contributed by atoms with Crippen molar-refractivity contribution in [3.63, 3.8) is 0 Å². The van der Waals surface area contributed by atoms with E-state index in [0.29, 0.717) is 18.3 Å². The zero-order valence-corrected chi connectivity index (χ0v) is 14.9. The second-order valence-corrected chi connectivity index (χ2v) is 7.20. The average Bonchev–Trinajstić information content (AvgIpc) is 3.24. The maximum absolute atomic E-state index is 12.2. The molecule has 7 heteroatoms. The Bertz CT molecular complexity index is 659. The van der Waals surface area contributed by atoms with Crippen LogP contribution in [-0.4, -0.2) is 39.8 Å². The first-order chi connectivity index (χ1) is 11.7. The Hall–Kier alpha value is -1.73. The molecule has 1 amide bonds. The number of aryl methyl sites for hydroxylation is 1. The van der Waals surface area contributed by atoms with Gasteiger partial charge in [0.2, 0.25) is 0 Å². The zero-order valence-electron chi connectivity index (χ0n) is 14.1. The van der Waals surface area contributed by atoms with Gasteiger partial charge in [-0.3, -0.25) is 9.48 Å². The van der Waals surface area contributed by atoms with Crippen LogP contribution < -0.4 is 10.6 Å². The predicted molar refractivity (Wildman–Crippen MR) is 96.1 cm³/mol. The first-order valence-corrected chi connectivity index (χ1v) is 9.56. The summed E-state index contributed by atoms with van der Waals surface area (Å²) in [5, 5.41) is 13.3. The number of hydrogen-bond donors (Lipinski definition) is 2. The van der Waals surface area contributed by atoms with Gasteiger partial charge in [0, 0.05) is 36.8 Å². The molecule has 1 aliphatic rings. The largest absolute Gasteiger partial charge is 0.351 e. The van der Waals surface area contributed by atoms with Gasteiger partial charge in [-0.15, -0.1) is 11.3 Å². The number of thiazole rings is 1. The molecule has 1 saturated carbocycles. The molecule has 0 saturated heterocycles. The zero-order chi connectivity index (χ0) is 16.8. The van der Waals surface area contributed by atoms with Crippen LogP contribution >= 0.6 is 11.3 Å². The van der Waals surface area contributed by atoms with Gasteiger partial charge < -0.3 is 10.6 Å². The van der Waals surface area contributed by atoms with Crippen LogP contribution in [0.2, 0.25) is 0 Å². The van der Waals surface area contributed by atoms with E-state index in [1.54, 1.807) is 16.3 Å². The summed E-state index contributed by atoms with van der Waals surface area (Å²) in [5.74, 6) is -0.0981. The number of nitrogens with zero attached hydrogens (tertiary/aromatic N) is 3. The highest BCUT2D eigenvalue weighted by molar-refractivity contribution is 7.13. The Labute approximate surface area is 146 Å². The number of carbonyl (C=O) groups excluding carboxylic acids is 1. The summed E-state index contributed by atoms with van der Waals surface area (Å²) in [6.45, 7) is 1.64. The molecule has 0 radical (unpaired) electrons. The fourth-order valence-corrected chi connectivity index (χ4v) is 3.81. The Morgan fingerprint density at radius 3 is 2.92 bits per heavy atom. The van der Waals surface area contributed by atoms with Crippen LogP contribution in [0.4, 0.5) is 0 Å². The van der Waals surface area contributed by atoms with Crippen LogP contribution in [0, 0.1) is 0 Å². The monoisotopic (exact) mass is 347 g/mol. The molecule has 1 fully saturated rings. The van der Waals surface area contributed by atoms with Crippen LogP contribution in [0.3, 0.4) is 0 Å². The molecule has 2 heterocycles. The van der Waals surface area contributed by atoms with E-state index in [1.807, 2.05) is 13.2 Å². The summed E-state index contributed by atoms with van der Waals surface area (Å²) in [6.07, 6.45) is 11.3. The molecule has 2 N–H and O–H groups in total. The van der Waals surface area contributed by atoms with E-state index in [9.17, 15) is 4.79 Å². The van der Waals surface area contributed by atoms with Crippen LogP contribution in [0.5, 0.6) is 0 Å². The third-order valence-corrected chi connectivity index (χ3v) is 5.26. The molecule has 1 aliphatic carbocycles. The fourth-order valence-electron chi connectivity index (χ4n) is 3.04. The number of hydrogen-bond acceptors (Lipinski definition) is 5. The van der Waals surface area contributed by atoms with Gasteiger partial charge in [0.15, 0.2) is 0 Å². The lowest BCUT2D eigenvalue weighted by molar-refractivity contribution is 0.0949. The molecule has 0 bridgehead atoms. The lowest BCUT2D eigenvalue weighted by Gasteiger charge is -2.22. The molecule has 2 aromatic rings. The third-order valence-electron chi connectivity index (χ3n) is 4.37. The third kappa shape index (κ3) is 4.64. The molecule has 0 unspecified atom stereocenters. The summed E-state index contributed by atoms with van der Waals surface area (Å²) in [7, 11) is 1.87. The molecule has 6 nitrogen and oxygen atoms in total. The van der Waals surface area contributed by atoms with Crippen molar-refractivity contribution >= 4 is 17.2 Å². The molecule has 0 aromatic carbocycles. The number of carbonyl (C=O) groups is 1. The summed E-state index contributed by atoms with van der Waals surface area (Å²) in [4.78, 5) is 16.6. The smallest absolute Gasteiger partial charge is 0.270 e. The predicted octanol–water partition coefficient (Wildman–Crippen LogP) is 2.59. The topological polar surface area (TPSA) is 71.8 Å². The first-order valence-electron chi connectivity index (χ1n) is 8.68. The summed E-state index contributed by atoms with van der Waals surface area (Å²) in [6, 6.07) is 0.676. The van der Waals surface area contributed by atoms with Crippen molar-refractivity contribution in [2.75, 3.05) is 13.1 Å². The highest BCUT2D eigenvalue weighted by atomic mass is 32.1. The summed E-state index contributed by atoms with van der Waals surface area (Å²) < 4.78 is 1.73. The number of aromatic nitrogens is 3.